The van der Waals surface area contributed by atoms with Gasteiger partial charge in [-0.05, 0) is 92.0 Å². The molecule has 0 heterocycles. The predicted molar refractivity (Wildman–Crippen MR) is 107 cm³/mol. The summed E-state index contributed by atoms with van der Waals surface area (Å²) in [5, 5.41) is 0. The van der Waals surface area contributed by atoms with Gasteiger partial charge < -0.3 is 10.5 Å². The Bertz CT molecular complexity index is 596. The minimum absolute atomic E-state index is 0.521. The molecule has 0 saturated carbocycles. The minimum Gasteiger partial charge on any atom is -0.487 e. The summed E-state index contributed by atoms with van der Waals surface area (Å²) >= 11 is 10.4. The lowest BCUT2D eigenvalue weighted by atomic mass is 10.2. The molecule has 0 amide bonds. The summed E-state index contributed by atoms with van der Waals surface area (Å²) in [6.07, 6.45) is 0. The number of ether oxygens (including phenoxy) is 1. The van der Waals surface area contributed by atoms with Crippen LogP contribution in [-0.4, -0.2) is 0 Å². The maximum absolute atomic E-state index is 5.94. The molecule has 0 bridgehead atoms. The number of rotatable bonds is 3. The van der Waals surface area contributed by atoms with Gasteiger partial charge in [0.1, 0.15) is 12.4 Å². The van der Waals surface area contributed by atoms with E-state index in [2.05, 4.69) is 95.8 Å². The normalized spacial score (nSPS) is 10.5. The molecule has 0 radical (unpaired) electrons. The Labute approximate surface area is 161 Å². The van der Waals surface area contributed by atoms with Crippen molar-refractivity contribution in [3.8, 4) is 5.75 Å². The van der Waals surface area contributed by atoms with Crippen molar-refractivity contribution in [3.63, 3.8) is 0 Å². The summed E-state index contributed by atoms with van der Waals surface area (Å²) in [5.74, 6) is 0.936. The molecular weight excluding hydrogens is 647 g/mol. The van der Waals surface area contributed by atoms with E-state index in [0.717, 1.165) is 28.6 Å². The summed E-state index contributed by atoms with van der Waals surface area (Å²) in [5.41, 5.74) is 7.55. The highest BCUT2D eigenvalue weighted by Crippen LogP contribution is 2.31. The lowest BCUT2D eigenvalue weighted by Gasteiger charge is -2.12. The van der Waals surface area contributed by atoms with Gasteiger partial charge in [0.05, 0.1) is 7.14 Å². The second kappa shape index (κ2) is 7.12. The number of hydrogen-bond donors (Lipinski definition) is 1. The highest BCUT2D eigenvalue weighted by atomic mass is 127. The third-order valence-electron chi connectivity index (χ3n) is 2.41. The lowest BCUT2D eigenvalue weighted by Crippen LogP contribution is -2.00. The zero-order chi connectivity index (χ0) is 14.0. The zero-order valence-corrected chi connectivity index (χ0v) is 17.6. The highest BCUT2D eigenvalue weighted by molar-refractivity contribution is 14.1. The van der Waals surface area contributed by atoms with Crippen LogP contribution in [0.1, 0.15) is 5.56 Å². The third-order valence-corrected chi connectivity index (χ3v) is 5.38. The van der Waals surface area contributed by atoms with E-state index < -0.39 is 0 Å². The number of hydrogen-bond acceptors (Lipinski definition) is 2. The number of halogens is 4. The second-order valence-corrected chi connectivity index (χ2v) is 8.26. The summed E-state index contributed by atoms with van der Waals surface area (Å²) in [4.78, 5) is 0. The monoisotopic (exact) mass is 655 g/mol. The molecule has 0 aromatic heterocycles. The van der Waals surface area contributed by atoms with Crippen molar-refractivity contribution in [2.75, 3.05) is 5.73 Å². The maximum atomic E-state index is 5.94. The standard InChI is InChI=1S/C13H9BrI3NO/c14-10-5-9(18)2-1-7(10)6-19-13-11(16)3-8(15)4-12(13)17/h1-5H,6,18H2. The fourth-order valence-electron chi connectivity index (χ4n) is 1.50. The molecule has 19 heavy (non-hydrogen) atoms. The van der Waals surface area contributed by atoms with E-state index in [1.165, 1.54) is 3.57 Å². The van der Waals surface area contributed by atoms with Crippen molar-refractivity contribution in [1.29, 1.82) is 0 Å². The smallest absolute Gasteiger partial charge is 0.146 e. The van der Waals surface area contributed by atoms with Gasteiger partial charge in [-0.25, -0.2) is 0 Å². The van der Waals surface area contributed by atoms with Gasteiger partial charge in [-0.2, -0.15) is 0 Å². The molecule has 2 N–H and O–H groups in total. The molecule has 2 aromatic carbocycles. The molecule has 6 heteroatoms. The van der Waals surface area contributed by atoms with Crippen molar-refractivity contribution in [3.05, 3.63) is 51.1 Å². The number of anilines is 1. The Morgan fingerprint density at radius 2 is 1.68 bits per heavy atom. The first-order valence-electron chi connectivity index (χ1n) is 5.28. The topological polar surface area (TPSA) is 35.2 Å². The van der Waals surface area contributed by atoms with E-state index in [9.17, 15) is 0 Å². The Kier molecular flexibility index (Phi) is 6.03. The van der Waals surface area contributed by atoms with Gasteiger partial charge in [-0.3, -0.25) is 0 Å². The molecule has 100 valence electrons. The molecule has 2 nitrogen and oxygen atoms in total. The minimum atomic E-state index is 0.521. The van der Waals surface area contributed by atoms with Crippen molar-refractivity contribution in [2.24, 2.45) is 0 Å². The summed E-state index contributed by atoms with van der Waals surface area (Å²) in [6, 6.07) is 9.97. The van der Waals surface area contributed by atoms with Crippen LogP contribution in [0, 0.1) is 10.7 Å². The summed E-state index contributed by atoms with van der Waals surface area (Å²) in [7, 11) is 0. The summed E-state index contributed by atoms with van der Waals surface area (Å²) in [6.45, 7) is 0.521. The van der Waals surface area contributed by atoms with E-state index in [4.69, 9.17) is 10.5 Å². The predicted octanol–water partition coefficient (Wildman–Crippen LogP) is 5.42. The van der Waals surface area contributed by atoms with Gasteiger partial charge in [-0.15, -0.1) is 0 Å². The summed E-state index contributed by atoms with van der Waals surface area (Å²) < 4.78 is 10.4. The lowest BCUT2D eigenvalue weighted by molar-refractivity contribution is 0.301. The van der Waals surface area contributed by atoms with E-state index in [1.54, 1.807) is 0 Å². The van der Waals surface area contributed by atoms with Gasteiger partial charge in [0, 0.05) is 19.3 Å². The van der Waals surface area contributed by atoms with Gasteiger partial charge in [0.2, 0.25) is 0 Å². The van der Waals surface area contributed by atoms with Crippen molar-refractivity contribution >= 4 is 89.4 Å². The van der Waals surface area contributed by atoms with Crippen LogP contribution in [0.3, 0.4) is 0 Å². The van der Waals surface area contributed by atoms with Gasteiger partial charge in [-0.1, -0.05) is 22.0 Å². The first-order chi connectivity index (χ1) is 8.97. The van der Waals surface area contributed by atoms with Crippen molar-refractivity contribution in [1.82, 2.24) is 0 Å². The van der Waals surface area contributed by atoms with Gasteiger partial charge in [0.25, 0.3) is 0 Å². The van der Waals surface area contributed by atoms with Crippen LogP contribution in [0.4, 0.5) is 5.69 Å². The molecule has 0 saturated heterocycles. The second-order valence-electron chi connectivity index (χ2n) is 3.84. The van der Waals surface area contributed by atoms with Crippen LogP contribution < -0.4 is 10.5 Å². The van der Waals surface area contributed by atoms with Crippen LogP contribution in [0.15, 0.2) is 34.8 Å². The molecule has 0 aliphatic heterocycles. The molecule has 0 aliphatic rings. The average Bonchev–Trinajstić information content (AvgIpc) is 2.30. The Morgan fingerprint density at radius 3 is 2.26 bits per heavy atom. The molecular formula is C13H9BrI3NO. The molecule has 0 fully saturated rings. The van der Waals surface area contributed by atoms with E-state index >= 15 is 0 Å². The van der Waals surface area contributed by atoms with Gasteiger partial charge >= 0.3 is 0 Å². The number of benzene rings is 2. The zero-order valence-electron chi connectivity index (χ0n) is 9.59. The van der Waals surface area contributed by atoms with Crippen LogP contribution in [-0.2, 0) is 6.61 Å². The third kappa shape index (κ3) is 4.34. The van der Waals surface area contributed by atoms with Crippen molar-refractivity contribution in [2.45, 2.75) is 6.61 Å². The first kappa shape index (κ1) is 16.1. The van der Waals surface area contributed by atoms with Crippen LogP contribution in [0.2, 0.25) is 0 Å². The van der Waals surface area contributed by atoms with Crippen LogP contribution in [0.25, 0.3) is 0 Å². The Balaban J connectivity index is 2.19. The highest BCUT2D eigenvalue weighted by Gasteiger charge is 2.09. The SMILES string of the molecule is Nc1ccc(COc2c(I)cc(I)cc2I)c(Br)c1. The Hall–Kier alpha value is 0.710. The molecule has 0 spiro atoms. The van der Waals surface area contributed by atoms with Crippen LogP contribution in [0.5, 0.6) is 5.75 Å². The fourth-order valence-corrected chi connectivity index (χ4v) is 5.90. The van der Waals surface area contributed by atoms with E-state index in [1.807, 2.05) is 18.2 Å². The Morgan fingerprint density at radius 1 is 1.05 bits per heavy atom. The number of nitrogen functional groups attached to an aromatic ring is 1. The first-order valence-corrected chi connectivity index (χ1v) is 9.31. The van der Waals surface area contributed by atoms with Crippen LogP contribution >= 0.6 is 83.7 Å². The molecule has 2 rings (SSSR count). The molecule has 2 aromatic rings. The van der Waals surface area contributed by atoms with E-state index in [-0.39, 0.29) is 0 Å². The van der Waals surface area contributed by atoms with E-state index in [0.29, 0.717) is 6.61 Å². The van der Waals surface area contributed by atoms with Crippen molar-refractivity contribution < 1.29 is 4.74 Å². The molecule has 0 unspecified atom stereocenters. The maximum Gasteiger partial charge on any atom is 0.146 e. The quantitative estimate of drug-likeness (QED) is 0.354. The van der Waals surface area contributed by atoms with Gasteiger partial charge in [0.15, 0.2) is 0 Å². The fraction of sp³-hybridized carbons (Fsp3) is 0.0769. The average molecular weight is 656 g/mol. The molecule has 0 aliphatic carbocycles. The number of nitrogens with two attached hydrogens (primary N) is 1. The molecule has 0 atom stereocenters. The largest absolute Gasteiger partial charge is 0.487 e.